The van der Waals surface area contributed by atoms with Crippen molar-refractivity contribution in [2.24, 2.45) is 11.8 Å². The third-order valence-corrected chi connectivity index (χ3v) is 3.65. The summed E-state index contributed by atoms with van der Waals surface area (Å²) in [6.45, 7) is 5.02. The quantitative estimate of drug-likeness (QED) is 0.625. The minimum Gasteiger partial charge on any atom is -0.352 e. The molecule has 2 heteroatoms. The Bertz CT molecular complexity index is 151. The predicted octanol–water partition coefficient (Wildman–Crippen LogP) is 2.57. The van der Waals surface area contributed by atoms with Crippen LogP contribution in [0, 0.1) is 11.8 Å². The van der Waals surface area contributed by atoms with Crippen LogP contribution in [-0.4, -0.2) is 19.0 Å². The first-order chi connectivity index (χ1) is 6.27. The van der Waals surface area contributed by atoms with Crippen LogP contribution in [0.4, 0.5) is 0 Å². The average molecular weight is 184 g/mol. The molecule has 0 aliphatic heterocycles. The molecular weight excluding hydrogens is 164 g/mol. The van der Waals surface area contributed by atoms with Gasteiger partial charge in [-0.25, -0.2) is 0 Å². The van der Waals surface area contributed by atoms with E-state index in [1.165, 1.54) is 25.7 Å². The maximum Gasteiger partial charge on any atom is 0.147 e. The molecule has 0 N–H and O–H groups in total. The molecule has 2 nitrogen and oxygen atoms in total. The van der Waals surface area contributed by atoms with Crippen molar-refractivity contribution < 1.29 is 9.47 Å². The van der Waals surface area contributed by atoms with Crippen molar-refractivity contribution >= 4 is 0 Å². The van der Waals surface area contributed by atoms with E-state index in [4.69, 9.17) is 9.47 Å². The molecule has 2 saturated carbocycles. The predicted molar refractivity (Wildman–Crippen MR) is 51.4 cm³/mol. The fourth-order valence-corrected chi connectivity index (χ4v) is 1.98. The Hall–Kier alpha value is -0.0800. The largest absolute Gasteiger partial charge is 0.352 e. The van der Waals surface area contributed by atoms with Crippen LogP contribution >= 0.6 is 0 Å². The fourth-order valence-electron chi connectivity index (χ4n) is 1.98. The summed E-state index contributed by atoms with van der Waals surface area (Å²) in [6, 6.07) is 0. The van der Waals surface area contributed by atoms with Gasteiger partial charge in [-0.3, -0.25) is 0 Å². The lowest BCUT2D eigenvalue weighted by atomic mass is 9.83. The van der Waals surface area contributed by atoms with Gasteiger partial charge in [-0.05, 0) is 37.5 Å². The fraction of sp³-hybridized carbons (Fsp3) is 1.00. The zero-order valence-corrected chi connectivity index (χ0v) is 8.66. The van der Waals surface area contributed by atoms with Crippen molar-refractivity contribution in [2.75, 3.05) is 6.79 Å². The molecule has 2 aliphatic rings. The van der Waals surface area contributed by atoms with Gasteiger partial charge in [0.15, 0.2) is 0 Å². The highest BCUT2D eigenvalue weighted by Gasteiger charge is 2.30. The average Bonchev–Trinajstić information content (AvgIpc) is 2.12. The van der Waals surface area contributed by atoms with Gasteiger partial charge in [0.25, 0.3) is 0 Å². The molecule has 76 valence electrons. The number of rotatable bonds is 4. The summed E-state index contributed by atoms with van der Waals surface area (Å²) in [5.74, 6) is 1.50. The van der Waals surface area contributed by atoms with Gasteiger partial charge < -0.3 is 9.47 Å². The van der Waals surface area contributed by atoms with Crippen LogP contribution in [-0.2, 0) is 9.47 Å². The Morgan fingerprint density at radius 1 is 0.846 bits per heavy atom. The van der Waals surface area contributed by atoms with Crippen LogP contribution in [0.25, 0.3) is 0 Å². The SMILES string of the molecule is CC1CCC1OCOC1CCC1C. The molecule has 0 radical (unpaired) electrons. The zero-order chi connectivity index (χ0) is 9.26. The number of hydrogen-bond acceptors (Lipinski definition) is 2. The van der Waals surface area contributed by atoms with Crippen LogP contribution in [0.2, 0.25) is 0 Å². The second-order valence-corrected chi connectivity index (χ2v) is 4.64. The third-order valence-electron chi connectivity index (χ3n) is 3.65. The molecule has 2 rings (SSSR count). The minimum atomic E-state index is 0.482. The van der Waals surface area contributed by atoms with Gasteiger partial charge in [0.2, 0.25) is 0 Å². The highest BCUT2D eigenvalue weighted by Crippen LogP contribution is 2.32. The van der Waals surface area contributed by atoms with Gasteiger partial charge in [-0.15, -0.1) is 0 Å². The number of ether oxygens (including phenoxy) is 2. The summed E-state index contributed by atoms with van der Waals surface area (Å²) in [5, 5.41) is 0. The highest BCUT2D eigenvalue weighted by atomic mass is 16.7. The van der Waals surface area contributed by atoms with E-state index in [2.05, 4.69) is 13.8 Å². The van der Waals surface area contributed by atoms with Crippen molar-refractivity contribution in [1.29, 1.82) is 0 Å². The van der Waals surface area contributed by atoms with Gasteiger partial charge in [0.05, 0.1) is 12.2 Å². The lowest BCUT2D eigenvalue weighted by Gasteiger charge is -2.36. The molecule has 0 amide bonds. The monoisotopic (exact) mass is 184 g/mol. The minimum absolute atomic E-state index is 0.482. The molecular formula is C11H20O2. The Kier molecular flexibility index (Phi) is 2.89. The van der Waals surface area contributed by atoms with Crippen LogP contribution in [0.15, 0.2) is 0 Å². The lowest BCUT2D eigenvalue weighted by Crippen LogP contribution is -2.36. The van der Waals surface area contributed by atoms with Crippen molar-refractivity contribution in [3.05, 3.63) is 0 Å². The lowest BCUT2D eigenvalue weighted by molar-refractivity contribution is -0.176. The van der Waals surface area contributed by atoms with E-state index in [1.54, 1.807) is 0 Å². The summed E-state index contributed by atoms with van der Waals surface area (Å²) in [5.41, 5.74) is 0. The van der Waals surface area contributed by atoms with Crippen molar-refractivity contribution in [1.82, 2.24) is 0 Å². The Balaban J connectivity index is 1.53. The van der Waals surface area contributed by atoms with Crippen LogP contribution in [0.1, 0.15) is 39.5 Å². The van der Waals surface area contributed by atoms with Crippen LogP contribution < -0.4 is 0 Å². The van der Waals surface area contributed by atoms with E-state index in [9.17, 15) is 0 Å². The van der Waals surface area contributed by atoms with Crippen molar-refractivity contribution in [2.45, 2.75) is 51.7 Å². The van der Waals surface area contributed by atoms with E-state index >= 15 is 0 Å². The summed E-state index contributed by atoms with van der Waals surface area (Å²) in [6.07, 6.45) is 6.07. The zero-order valence-electron chi connectivity index (χ0n) is 8.66. The number of hydrogen-bond donors (Lipinski definition) is 0. The van der Waals surface area contributed by atoms with E-state index < -0.39 is 0 Å². The topological polar surface area (TPSA) is 18.5 Å². The molecule has 2 aliphatic carbocycles. The molecule has 0 aromatic heterocycles. The summed E-state index contributed by atoms with van der Waals surface area (Å²) >= 11 is 0. The van der Waals surface area contributed by atoms with E-state index in [-0.39, 0.29) is 0 Å². The van der Waals surface area contributed by atoms with Gasteiger partial charge >= 0.3 is 0 Å². The van der Waals surface area contributed by atoms with Crippen LogP contribution in [0.3, 0.4) is 0 Å². The standard InChI is InChI=1S/C11H20O2/c1-8-3-5-10(8)12-7-13-11-6-4-9(11)2/h8-11H,3-7H2,1-2H3. The summed E-state index contributed by atoms with van der Waals surface area (Å²) in [7, 11) is 0. The molecule has 0 aromatic carbocycles. The molecule has 4 unspecified atom stereocenters. The van der Waals surface area contributed by atoms with E-state index in [0.717, 1.165) is 11.8 Å². The molecule has 13 heavy (non-hydrogen) atoms. The highest BCUT2D eigenvalue weighted by molar-refractivity contribution is 4.79. The van der Waals surface area contributed by atoms with Crippen molar-refractivity contribution in [3.63, 3.8) is 0 Å². The maximum absolute atomic E-state index is 5.62. The molecule has 0 heterocycles. The molecule has 2 fully saturated rings. The first-order valence-corrected chi connectivity index (χ1v) is 5.50. The normalized spacial score (nSPS) is 43.8. The third kappa shape index (κ3) is 2.05. The van der Waals surface area contributed by atoms with Gasteiger partial charge in [0, 0.05) is 0 Å². The second kappa shape index (κ2) is 3.97. The van der Waals surface area contributed by atoms with E-state index in [0.29, 0.717) is 19.0 Å². The molecule has 0 bridgehead atoms. The maximum atomic E-state index is 5.62. The van der Waals surface area contributed by atoms with Crippen LogP contribution in [0.5, 0.6) is 0 Å². The first-order valence-electron chi connectivity index (χ1n) is 5.50. The van der Waals surface area contributed by atoms with E-state index in [1.807, 2.05) is 0 Å². The summed E-state index contributed by atoms with van der Waals surface area (Å²) in [4.78, 5) is 0. The molecule has 0 aromatic rings. The Morgan fingerprint density at radius 3 is 1.54 bits per heavy atom. The Morgan fingerprint density at radius 2 is 1.31 bits per heavy atom. The van der Waals surface area contributed by atoms with Gasteiger partial charge in [-0.2, -0.15) is 0 Å². The first kappa shape index (κ1) is 9.47. The van der Waals surface area contributed by atoms with Gasteiger partial charge in [0.1, 0.15) is 6.79 Å². The molecule has 0 spiro atoms. The second-order valence-electron chi connectivity index (χ2n) is 4.64. The Labute approximate surface area is 80.6 Å². The van der Waals surface area contributed by atoms with Gasteiger partial charge in [-0.1, -0.05) is 13.8 Å². The summed E-state index contributed by atoms with van der Waals surface area (Å²) < 4.78 is 11.2. The van der Waals surface area contributed by atoms with Crippen molar-refractivity contribution in [3.8, 4) is 0 Å². The molecule has 4 atom stereocenters. The molecule has 0 saturated heterocycles. The smallest absolute Gasteiger partial charge is 0.147 e.